The van der Waals surface area contributed by atoms with Gasteiger partial charge in [0.15, 0.2) is 0 Å². The monoisotopic (exact) mass is 344 g/mol. The summed E-state index contributed by atoms with van der Waals surface area (Å²) in [6.07, 6.45) is -5.61. The van der Waals surface area contributed by atoms with Crippen molar-refractivity contribution in [3.8, 4) is 0 Å². The van der Waals surface area contributed by atoms with Gasteiger partial charge in [-0.05, 0) is 12.1 Å². The predicted molar refractivity (Wildman–Crippen MR) is 71.1 cm³/mol. The Morgan fingerprint density at radius 3 is 2.38 bits per heavy atom. The Bertz CT molecular complexity index is 564. The molecule has 0 aliphatic heterocycles. The summed E-state index contributed by atoms with van der Waals surface area (Å²) in [4.78, 5) is 22.5. The van der Waals surface area contributed by atoms with Gasteiger partial charge in [0.05, 0.1) is 22.7 Å². The summed E-state index contributed by atoms with van der Waals surface area (Å²) in [5, 5.41) is 12.9. The number of benzene rings is 1. The Morgan fingerprint density at radius 1 is 1.24 bits per heavy atom. The molecule has 0 bridgehead atoms. The SMILES string of the molecule is O=C(NCCC(F)(F)F)Nc1c(Cl)cc(Cl)cc1C(=O)O. The molecule has 0 saturated carbocycles. The zero-order chi connectivity index (χ0) is 16.2. The first-order valence-electron chi connectivity index (χ1n) is 5.44. The second kappa shape index (κ2) is 6.86. The summed E-state index contributed by atoms with van der Waals surface area (Å²) in [6, 6.07) is 1.24. The van der Waals surface area contributed by atoms with Gasteiger partial charge in [-0.25, -0.2) is 9.59 Å². The van der Waals surface area contributed by atoms with Crippen LogP contribution in [0.2, 0.25) is 10.0 Å². The van der Waals surface area contributed by atoms with Crippen LogP contribution in [0.15, 0.2) is 12.1 Å². The number of anilines is 1. The van der Waals surface area contributed by atoms with Crippen LogP contribution in [0, 0.1) is 0 Å². The van der Waals surface area contributed by atoms with Crippen molar-refractivity contribution >= 4 is 40.9 Å². The largest absolute Gasteiger partial charge is 0.478 e. The van der Waals surface area contributed by atoms with Crippen molar-refractivity contribution in [2.24, 2.45) is 0 Å². The third-order valence-corrected chi connectivity index (χ3v) is 2.73. The first-order valence-corrected chi connectivity index (χ1v) is 6.19. The van der Waals surface area contributed by atoms with E-state index in [0.29, 0.717) is 0 Å². The molecular formula is C11H9Cl2F3N2O3. The van der Waals surface area contributed by atoms with Crippen molar-refractivity contribution in [1.82, 2.24) is 5.32 Å². The zero-order valence-corrected chi connectivity index (χ0v) is 11.7. The predicted octanol–water partition coefficient (Wildman–Crippen LogP) is 3.77. The lowest BCUT2D eigenvalue weighted by Crippen LogP contribution is -2.32. The molecule has 116 valence electrons. The number of amides is 2. The van der Waals surface area contributed by atoms with Gasteiger partial charge in [-0.15, -0.1) is 0 Å². The first-order chi connectivity index (χ1) is 9.60. The number of carbonyl (C=O) groups is 2. The number of carboxylic acid groups (broad SMARTS) is 1. The van der Waals surface area contributed by atoms with Crippen LogP contribution in [0.1, 0.15) is 16.8 Å². The third kappa shape index (κ3) is 5.68. The van der Waals surface area contributed by atoms with Crippen LogP contribution in [-0.4, -0.2) is 29.8 Å². The Labute approximate surface area is 127 Å². The van der Waals surface area contributed by atoms with Gasteiger partial charge in [0, 0.05) is 11.6 Å². The lowest BCUT2D eigenvalue weighted by atomic mass is 10.2. The number of carbonyl (C=O) groups excluding carboxylic acids is 1. The zero-order valence-electron chi connectivity index (χ0n) is 10.2. The number of aromatic carboxylic acids is 1. The van der Waals surface area contributed by atoms with E-state index in [-0.39, 0.29) is 21.3 Å². The van der Waals surface area contributed by atoms with Crippen molar-refractivity contribution < 1.29 is 27.9 Å². The third-order valence-electron chi connectivity index (χ3n) is 2.22. The molecule has 10 heteroatoms. The molecule has 0 spiro atoms. The minimum atomic E-state index is -4.41. The van der Waals surface area contributed by atoms with Crippen LogP contribution in [0.3, 0.4) is 0 Å². The van der Waals surface area contributed by atoms with Gasteiger partial charge in [0.25, 0.3) is 0 Å². The fourth-order valence-electron chi connectivity index (χ4n) is 1.34. The quantitative estimate of drug-likeness (QED) is 0.777. The van der Waals surface area contributed by atoms with E-state index in [1.165, 1.54) is 6.07 Å². The summed E-state index contributed by atoms with van der Waals surface area (Å²) < 4.78 is 35.8. The summed E-state index contributed by atoms with van der Waals surface area (Å²) in [5.41, 5.74) is -0.628. The Balaban J connectivity index is 2.79. The molecular weight excluding hydrogens is 336 g/mol. The normalized spacial score (nSPS) is 11.1. The summed E-state index contributed by atoms with van der Waals surface area (Å²) in [6.45, 7) is -0.650. The number of urea groups is 1. The van der Waals surface area contributed by atoms with Crippen molar-refractivity contribution in [3.63, 3.8) is 0 Å². The van der Waals surface area contributed by atoms with Gasteiger partial charge in [-0.3, -0.25) is 0 Å². The van der Waals surface area contributed by atoms with Crippen molar-refractivity contribution in [2.45, 2.75) is 12.6 Å². The highest BCUT2D eigenvalue weighted by molar-refractivity contribution is 6.37. The lowest BCUT2D eigenvalue weighted by Gasteiger charge is -2.12. The van der Waals surface area contributed by atoms with Crippen LogP contribution >= 0.6 is 23.2 Å². The molecule has 0 radical (unpaired) electrons. The van der Waals surface area contributed by atoms with Crippen molar-refractivity contribution in [1.29, 1.82) is 0 Å². The van der Waals surface area contributed by atoms with E-state index >= 15 is 0 Å². The average Bonchev–Trinajstić information content (AvgIpc) is 2.30. The highest BCUT2D eigenvalue weighted by atomic mass is 35.5. The van der Waals surface area contributed by atoms with E-state index in [1.54, 1.807) is 0 Å². The van der Waals surface area contributed by atoms with Crippen molar-refractivity contribution in [2.75, 3.05) is 11.9 Å². The van der Waals surface area contributed by atoms with E-state index in [0.717, 1.165) is 6.07 Å². The second-order valence-corrected chi connectivity index (χ2v) is 4.71. The van der Waals surface area contributed by atoms with Crippen LogP contribution in [0.25, 0.3) is 0 Å². The molecule has 0 unspecified atom stereocenters. The molecule has 2 amide bonds. The average molecular weight is 345 g/mol. The molecule has 0 fully saturated rings. The first kappa shape index (κ1) is 17.4. The van der Waals surface area contributed by atoms with Gasteiger partial charge in [0.1, 0.15) is 0 Å². The number of rotatable bonds is 4. The van der Waals surface area contributed by atoms with E-state index in [9.17, 15) is 22.8 Å². The van der Waals surface area contributed by atoms with Gasteiger partial charge < -0.3 is 15.7 Å². The van der Waals surface area contributed by atoms with Gasteiger partial charge in [-0.2, -0.15) is 13.2 Å². The van der Waals surface area contributed by atoms with Crippen LogP contribution in [0.5, 0.6) is 0 Å². The van der Waals surface area contributed by atoms with Gasteiger partial charge >= 0.3 is 18.2 Å². The number of carboxylic acids is 1. The molecule has 0 aromatic heterocycles. The van der Waals surface area contributed by atoms with Crippen LogP contribution in [-0.2, 0) is 0 Å². The number of hydrogen-bond acceptors (Lipinski definition) is 2. The highest BCUT2D eigenvalue weighted by Crippen LogP contribution is 2.30. The highest BCUT2D eigenvalue weighted by Gasteiger charge is 2.26. The fraction of sp³-hybridized carbons (Fsp3) is 0.273. The maximum atomic E-state index is 11.9. The van der Waals surface area contributed by atoms with E-state index < -0.39 is 31.1 Å². The number of halogens is 5. The Morgan fingerprint density at radius 2 is 1.86 bits per heavy atom. The summed E-state index contributed by atoms with van der Waals surface area (Å²) in [5.74, 6) is -1.40. The van der Waals surface area contributed by atoms with E-state index in [2.05, 4.69) is 5.32 Å². The van der Waals surface area contributed by atoms with Gasteiger partial charge in [-0.1, -0.05) is 23.2 Å². The molecule has 0 saturated heterocycles. The standard InChI is InChI=1S/C11H9Cl2F3N2O3/c12-5-3-6(9(19)20)8(7(13)4-5)18-10(21)17-2-1-11(14,15)16/h3-4H,1-2H2,(H,19,20)(H2,17,18,21). The Hall–Kier alpha value is -1.67. The second-order valence-electron chi connectivity index (χ2n) is 3.86. The molecule has 0 aliphatic carbocycles. The number of alkyl halides is 3. The molecule has 1 rings (SSSR count). The topological polar surface area (TPSA) is 78.4 Å². The molecule has 5 nitrogen and oxygen atoms in total. The minimum absolute atomic E-state index is 0.0421. The van der Waals surface area contributed by atoms with Gasteiger partial charge in [0.2, 0.25) is 0 Å². The van der Waals surface area contributed by atoms with E-state index in [4.69, 9.17) is 28.3 Å². The smallest absolute Gasteiger partial charge is 0.390 e. The fourth-order valence-corrected chi connectivity index (χ4v) is 1.89. The molecule has 21 heavy (non-hydrogen) atoms. The van der Waals surface area contributed by atoms with E-state index in [1.807, 2.05) is 5.32 Å². The van der Waals surface area contributed by atoms with Crippen LogP contribution < -0.4 is 10.6 Å². The van der Waals surface area contributed by atoms with Crippen LogP contribution in [0.4, 0.5) is 23.7 Å². The number of nitrogens with one attached hydrogen (secondary N) is 2. The maximum Gasteiger partial charge on any atom is 0.390 e. The minimum Gasteiger partial charge on any atom is -0.478 e. The molecule has 0 atom stereocenters. The molecule has 1 aromatic rings. The Kier molecular flexibility index (Phi) is 5.68. The number of hydrogen-bond donors (Lipinski definition) is 3. The van der Waals surface area contributed by atoms with Crippen molar-refractivity contribution in [3.05, 3.63) is 27.7 Å². The molecule has 0 heterocycles. The molecule has 0 aliphatic rings. The molecule has 1 aromatic carbocycles. The maximum absolute atomic E-state index is 11.9. The summed E-state index contributed by atoms with van der Waals surface area (Å²) >= 11 is 11.4. The lowest BCUT2D eigenvalue weighted by molar-refractivity contribution is -0.132. The summed E-state index contributed by atoms with van der Waals surface area (Å²) in [7, 11) is 0. The molecule has 3 N–H and O–H groups in total.